The zero-order valence-electron chi connectivity index (χ0n) is 10.9. The second-order valence-corrected chi connectivity index (χ2v) is 4.86. The predicted octanol–water partition coefficient (Wildman–Crippen LogP) is 2.67. The molecule has 1 heterocycles. The van der Waals surface area contributed by atoms with E-state index in [0.717, 1.165) is 12.1 Å². The third kappa shape index (κ3) is 5.33. The molecule has 0 unspecified atom stereocenters. The quantitative estimate of drug-likeness (QED) is 0.877. The van der Waals surface area contributed by atoms with Crippen LogP contribution in [-0.4, -0.2) is 16.7 Å². The van der Waals surface area contributed by atoms with E-state index in [0.29, 0.717) is 6.54 Å². The van der Waals surface area contributed by atoms with E-state index >= 15 is 0 Å². The van der Waals surface area contributed by atoms with Crippen LogP contribution in [0.4, 0.5) is 4.79 Å². The Bertz CT molecular complexity index is 383. The molecule has 0 saturated carbocycles. The van der Waals surface area contributed by atoms with Crippen LogP contribution in [0, 0.1) is 0 Å². The first-order chi connectivity index (χ1) is 7.90. The summed E-state index contributed by atoms with van der Waals surface area (Å²) in [4.78, 5) is 15.6. The molecular formula is C13H20N2O2. The van der Waals surface area contributed by atoms with Gasteiger partial charge in [-0.1, -0.05) is 6.92 Å². The number of hydrogen-bond donors (Lipinski definition) is 1. The van der Waals surface area contributed by atoms with Gasteiger partial charge in [0.1, 0.15) is 5.60 Å². The van der Waals surface area contributed by atoms with Gasteiger partial charge >= 0.3 is 6.09 Å². The normalized spacial score (nSPS) is 11.1. The molecular weight excluding hydrogens is 216 g/mol. The van der Waals surface area contributed by atoms with E-state index < -0.39 is 11.7 Å². The van der Waals surface area contributed by atoms with E-state index in [1.54, 1.807) is 6.20 Å². The minimum Gasteiger partial charge on any atom is -0.444 e. The summed E-state index contributed by atoms with van der Waals surface area (Å²) in [5.41, 5.74) is 1.58. The van der Waals surface area contributed by atoms with Crippen molar-refractivity contribution in [2.45, 2.75) is 46.3 Å². The number of aryl methyl sites for hydroxylation is 1. The first kappa shape index (κ1) is 13.5. The molecule has 1 aromatic rings. The molecule has 0 aliphatic heterocycles. The number of alkyl carbamates (subject to hydrolysis) is 1. The number of nitrogens with one attached hydrogen (secondary N) is 1. The van der Waals surface area contributed by atoms with Crippen molar-refractivity contribution in [1.29, 1.82) is 0 Å². The Balaban J connectivity index is 2.47. The summed E-state index contributed by atoms with van der Waals surface area (Å²) < 4.78 is 5.14. The number of carbonyl (C=O) groups excluding carboxylic acids is 1. The monoisotopic (exact) mass is 236 g/mol. The lowest BCUT2D eigenvalue weighted by Gasteiger charge is -2.19. The average molecular weight is 236 g/mol. The van der Waals surface area contributed by atoms with Crippen LogP contribution < -0.4 is 5.32 Å². The van der Waals surface area contributed by atoms with Crippen molar-refractivity contribution in [3.8, 4) is 0 Å². The van der Waals surface area contributed by atoms with Gasteiger partial charge in [0.05, 0.1) is 12.2 Å². The molecule has 0 aromatic carbocycles. The molecule has 0 aliphatic carbocycles. The first-order valence-corrected chi connectivity index (χ1v) is 5.81. The number of pyridine rings is 1. The van der Waals surface area contributed by atoms with Gasteiger partial charge in [-0.15, -0.1) is 0 Å². The molecule has 0 spiro atoms. The maximum atomic E-state index is 11.4. The molecule has 0 fully saturated rings. The molecule has 1 amide bonds. The van der Waals surface area contributed by atoms with Crippen molar-refractivity contribution in [3.05, 3.63) is 29.6 Å². The third-order valence-corrected chi connectivity index (χ3v) is 2.10. The highest BCUT2D eigenvalue weighted by Crippen LogP contribution is 2.07. The number of rotatable bonds is 3. The number of ether oxygens (including phenoxy) is 1. The summed E-state index contributed by atoms with van der Waals surface area (Å²) in [5.74, 6) is 0. The van der Waals surface area contributed by atoms with E-state index in [-0.39, 0.29) is 0 Å². The maximum Gasteiger partial charge on any atom is 0.407 e. The number of aromatic nitrogens is 1. The fourth-order valence-electron chi connectivity index (χ4n) is 1.32. The molecule has 4 heteroatoms. The van der Waals surface area contributed by atoms with Crippen LogP contribution in [0.1, 0.15) is 39.0 Å². The standard InChI is InChI=1S/C13H20N2O2/c1-5-10-6-7-14-11(8-10)9-15-12(16)17-13(2,3)4/h6-8H,5,9H2,1-4H3,(H,15,16). The fraction of sp³-hybridized carbons (Fsp3) is 0.538. The smallest absolute Gasteiger partial charge is 0.407 e. The second-order valence-electron chi connectivity index (χ2n) is 4.86. The molecule has 1 aromatic heterocycles. The van der Waals surface area contributed by atoms with E-state index in [9.17, 15) is 4.79 Å². The van der Waals surface area contributed by atoms with Crippen molar-refractivity contribution >= 4 is 6.09 Å². The Labute approximate surface area is 102 Å². The number of amides is 1. The summed E-state index contributed by atoms with van der Waals surface area (Å²) in [5, 5.41) is 2.68. The van der Waals surface area contributed by atoms with Crippen molar-refractivity contribution in [1.82, 2.24) is 10.3 Å². The largest absolute Gasteiger partial charge is 0.444 e. The average Bonchev–Trinajstić information content (AvgIpc) is 2.24. The van der Waals surface area contributed by atoms with Crippen LogP contribution in [0.25, 0.3) is 0 Å². The van der Waals surface area contributed by atoms with Crippen LogP contribution in [-0.2, 0) is 17.7 Å². The highest BCUT2D eigenvalue weighted by molar-refractivity contribution is 5.67. The summed E-state index contributed by atoms with van der Waals surface area (Å²) in [6, 6.07) is 3.95. The number of carbonyl (C=O) groups is 1. The van der Waals surface area contributed by atoms with Crippen LogP contribution >= 0.6 is 0 Å². The lowest BCUT2D eigenvalue weighted by Crippen LogP contribution is -2.32. The molecule has 1 rings (SSSR count). The molecule has 0 aliphatic rings. The van der Waals surface area contributed by atoms with E-state index in [1.807, 2.05) is 32.9 Å². The SMILES string of the molecule is CCc1ccnc(CNC(=O)OC(C)(C)C)c1. The van der Waals surface area contributed by atoms with Crippen molar-refractivity contribution in [2.75, 3.05) is 0 Å². The van der Waals surface area contributed by atoms with Crippen LogP contribution in [0.15, 0.2) is 18.3 Å². The fourth-order valence-corrected chi connectivity index (χ4v) is 1.32. The molecule has 0 saturated heterocycles. The van der Waals surface area contributed by atoms with E-state index in [1.165, 1.54) is 5.56 Å². The minimum absolute atomic E-state index is 0.392. The van der Waals surface area contributed by atoms with Crippen LogP contribution in [0.2, 0.25) is 0 Å². The summed E-state index contributed by atoms with van der Waals surface area (Å²) in [6.07, 6.45) is 2.30. The van der Waals surface area contributed by atoms with Crippen molar-refractivity contribution in [2.24, 2.45) is 0 Å². The second kappa shape index (κ2) is 5.66. The maximum absolute atomic E-state index is 11.4. The predicted molar refractivity (Wildman–Crippen MR) is 66.7 cm³/mol. The molecule has 0 radical (unpaired) electrons. The molecule has 17 heavy (non-hydrogen) atoms. The summed E-state index contributed by atoms with van der Waals surface area (Å²) in [6.45, 7) is 7.98. The topological polar surface area (TPSA) is 51.2 Å². The molecule has 0 atom stereocenters. The van der Waals surface area contributed by atoms with Crippen molar-refractivity contribution < 1.29 is 9.53 Å². The Morgan fingerprint density at radius 1 is 1.47 bits per heavy atom. The van der Waals surface area contributed by atoms with Gasteiger partial charge in [0.25, 0.3) is 0 Å². The number of nitrogens with zero attached hydrogens (tertiary/aromatic N) is 1. The van der Waals surface area contributed by atoms with Gasteiger partial charge in [0.2, 0.25) is 0 Å². The zero-order valence-corrected chi connectivity index (χ0v) is 10.9. The van der Waals surface area contributed by atoms with E-state index in [4.69, 9.17) is 4.74 Å². The first-order valence-electron chi connectivity index (χ1n) is 5.81. The Hall–Kier alpha value is -1.58. The van der Waals surface area contributed by atoms with Gasteiger partial charge in [-0.25, -0.2) is 4.79 Å². The van der Waals surface area contributed by atoms with Gasteiger partial charge in [-0.2, -0.15) is 0 Å². The van der Waals surface area contributed by atoms with Crippen LogP contribution in [0.3, 0.4) is 0 Å². The highest BCUT2D eigenvalue weighted by Gasteiger charge is 2.15. The van der Waals surface area contributed by atoms with E-state index in [2.05, 4.69) is 17.2 Å². The molecule has 0 bridgehead atoms. The van der Waals surface area contributed by atoms with Gasteiger partial charge in [0.15, 0.2) is 0 Å². The van der Waals surface area contributed by atoms with Crippen molar-refractivity contribution in [3.63, 3.8) is 0 Å². The molecule has 1 N–H and O–H groups in total. The van der Waals surface area contributed by atoms with Crippen LogP contribution in [0.5, 0.6) is 0 Å². The number of hydrogen-bond acceptors (Lipinski definition) is 3. The molecule has 4 nitrogen and oxygen atoms in total. The Kier molecular flexibility index (Phi) is 4.49. The van der Waals surface area contributed by atoms with Gasteiger partial charge in [0, 0.05) is 6.20 Å². The van der Waals surface area contributed by atoms with Gasteiger partial charge < -0.3 is 10.1 Å². The minimum atomic E-state index is -0.469. The summed E-state index contributed by atoms with van der Waals surface area (Å²) >= 11 is 0. The Morgan fingerprint density at radius 3 is 2.76 bits per heavy atom. The zero-order chi connectivity index (χ0) is 12.9. The van der Waals surface area contributed by atoms with Gasteiger partial charge in [-0.05, 0) is 44.9 Å². The highest BCUT2D eigenvalue weighted by atomic mass is 16.6. The molecule has 94 valence electrons. The lowest BCUT2D eigenvalue weighted by molar-refractivity contribution is 0.0523. The lowest BCUT2D eigenvalue weighted by atomic mass is 10.2. The third-order valence-electron chi connectivity index (χ3n) is 2.10. The van der Waals surface area contributed by atoms with Gasteiger partial charge in [-0.3, -0.25) is 4.98 Å². The summed E-state index contributed by atoms with van der Waals surface area (Å²) in [7, 11) is 0. The Morgan fingerprint density at radius 2 is 2.18 bits per heavy atom.